The zero-order valence-corrected chi connectivity index (χ0v) is 20.9. The molecule has 2 aliphatic heterocycles. The van der Waals surface area contributed by atoms with Gasteiger partial charge in [-0.2, -0.15) is 0 Å². The van der Waals surface area contributed by atoms with Crippen LogP contribution in [0, 0.1) is 0 Å². The van der Waals surface area contributed by atoms with E-state index in [2.05, 4.69) is 20.6 Å². The summed E-state index contributed by atoms with van der Waals surface area (Å²) in [5.74, 6) is -2.36. The predicted octanol–water partition coefficient (Wildman–Crippen LogP) is 5.22. The monoisotopic (exact) mass is 505 g/mol. The average Bonchev–Trinajstić information content (AvgIpc) is 3.25. The van der Waals surface area contributed by atoms with Crippen molar-refractivity contribution in [2.24, 2.45) is 0 Å². The van der Waals surface area contributed by atoms with Gasteiger partial charge in [0, 0.05) is 66.9 Å². The molecular weight excluding hydrogens is 476 g/mol. The summed E-state index contributed by atoms with van der Waals surface area (Å²) in [6.07, 6.45) is 5.65. The van der Waals surface area contributed by atoms with Crippen LogP contribution in [0.2, 0.25) is 0 Å². The number of anilines is 2. The number of aromatic nitrogens is 2. The van der Waals surface area contributed by atoms with Gasteiger partial charge in [0.15, 0.2) is 0 Å². The van der Waals surface area contributed by atoms with Gasteiger partial charge in [-0.3, -0.25) is 14.7 Å². The van der Waals surface area contributed by atoms with E-state index in [9.17, 15) is 13.6 Å². The zero-order valence-electron chi connectivity index (χ0n) is 20.9. The summed E-state index contributed by atoms with van der Waals surface area (Å²) in [4.78, 5) is 23.8. The first kappa shape index (κ1) is 24.8. The number of ether oxygens (including phenoxy) is 1. The lowest BCUT2D eigenvalue weighted by Crippen LogP contribution is -2.24. The molecule has 37 heavy (non-hydrogen) atoms. The maximum absolute atomic E-state index is 13.6. The van der Waals surface area contributed by atoms with Gasteiger partial charge in [-0.1, -0.05) is 13.0 Å². The van der Waals surface area contributed by atoms with E-state index in [-0.39, 0.29) is 18.9 Å². The number of methoxy groups -OCH3 is 1. The van der Waals surface area contributed by atoms with Gasteiger partial charge >= 0.3 is 0 Å². The topological polar surface area (TPSA) is 79.4 Å². The van der Waals surface area contributed by atoms with Crippen molar-refractivity contribution in [2.45, 2.75) is 32.2 Å². The van der Waals surface area contributed by atoms with Crippen LogP contribution in [0.15, 0.2) is 60.6 Å². The van der Waals surface area contributed by atoms with E-state index in [4.69, 9.17) is 4.74 Å². The standard InChI is InChI=1S/C28H29F2N5O2/c1-3-19-14-32-24-6-4-20(21-10-18(12-31-13-21)16-35-9-8-28(29,30)17-35)11-23(24)26(19)27(36)34-22-5-7-25(37-2)33-15-22/h4-7,10-13,15,32H,3,8-9,14,16-17H2,1-2H3,(H,34,36). The third-order valence-electron chi connectivity index (χ3n) is 6.77. The molecule has 4 heterocycles. The van der Waals surface area contributed by atoms with Crippen LogP contribution in [0.25, 0.3) is 16.7 Å². The van der Waals surface area contributed by atoms with Crippen molar-refractivity contribution >= 4 is 22.9 Å². The SMILES string of the molecule is CCC1=C(C(=O)Nc2ccc(OC)nc2)c2cc(-c3cncc(CN4CCC(F)(F)C4)c3)ccc2NC1. The van der Waals surface area contributed by atoms with Crippen LogP contribution in [0.3, 0.4) is 0 Å². The molecule has 2 N–H and O–H groups in total. The van der Waals surface area contributed by atoms with E-state index in [1.54, 1.807) is 42.7 Å². The highest BCUT2D eigenvalue weighted by Gasteiger charge is 2.38. The lowest BCUT2D eigenvalue weighted by molar-refractivity contribution is -0.111. The third kappa shape index (κ3) is 5.46. The number of carbonyl (C=O) groups is 1. The molecule has 0 unspecified atom stereocenters. The van der Waals surface area contributed by atoms with E-state index >= 15 is 0 Å². The lowest BCUT2D eigenvalue weighted by atomic mass is 9.90. The largest absolute Gasteiger partial charge is 0.481 e. The lowest BCUT2D eigenvalue weighted by Gasteiger charge is -2.25. The Morgan fingerprint density at radius 1 is 1.16 bits per heavy atom. The number of alkyl halides is 2. The molecular formula is C28H29F2N5O2. The van der Waals surface area contributed by atoms with Crippen molar-refractivity contribution < 1.29 is 18.3 Å². The second-order valence-electron chi connectivity index (χ2n) is 9.39. The van der Waals surface area contributed by atoms with E-state index in [0.717, 1.165) is 39.9 Å². The van der Waals surface area contributed by atoms with E-state index in [0.29, 0.717) is 36.8 Å². The molecule has 2 aliphatic rings. The molecule has 0 atom stereocenters. The maximum atomic E-state index is 13.6. The minimum Gasteiger partial charge on any atom is -0.481 e. The van der Waals surface area contributed by atoms with Crippen molar-refractivity contribution in [1.82, 2.24) is 14.9 Å². The number of hydrogen-bond acceptors (Lipinski definition) is 6. The van der Waals surface area contributed by atoms with Crippen molar-refractivity contribution in [3.05, 3.63) is 71.7 Å². The molecule has 1 saturated heterocycles. The second kappa shape index (κ2) is 10.3. The molecule has 7 nitrogen and oxygen atoms in total. The molecule has 1 aromatic carbocycles. The van der Waals surface area contributed by atoms with Gasteiger partial charge in [-0.15, -0.1) is 0 Å². The van der Waals surface area contributed by atoms with Gasteiger partial charge in [0.1, 0.15) is 0 Å². The number of amides is 1. The fourth-order valence-corrected chi connectivity index (χ4v) is 4.85. The number of carbonyl (C=O) groups excluding carboxylic acids is 1. The summed E-state index contributed by atoms with van der Waals surface area (Å²) >= 11 is 0. The van der Waals surface area contributed by atoms with Crippen LogP contribution >= 0.6 is 0 Å². The van der Waals surface area contributed by atoms with E-state index in [1.165, 1.54) is 0 Å². The Hall–Kier alpha value is -3.85. The number of likely N-dealkylation sites (tertiary alicyclic amines) is 1. The number of rotatable bonds is 7. The van der Waals surface area contributed by atoms with Gasteiger partial charge in [-0.05, 0) is 47.4 Å². The summed E-state index contributed by atoms with van der Waals surface area (Å²) < 4.78 is 32.4. The van der Waals surface area contributed by atoms with Crippen molar-refractivity contribution in [3.8, 4) is 17.0 Å². The van der Waals surface area contributed by atoms with Gasteiger partial charge in [0.05, 0.1) is 25.5 Å². The molecule has 0 saturated carbocycles. The van der Waals surface area contributed by atoms with Crippen LogP contribution in [0.5, 0.6) is 5.88 Å². The first-order chi connectivity index (χ1) is 17.8. The number of pyridine rings is 2. The maximum Gasteiger partial charge on any atom is 0.261 e. The summed E-state index contributed by atoms with van der Waals surface area (Å²) in [7, 11) is 1.54. The van der Waals surface area contributed by atoms with Crippen LogP contribution in [-0.4, -0.2) is 53.4 Å². The van der Waals surface area contributed by atoms with Crippen LogP contribution in [-0.2, 0) is 11.3 Å². The van der Waals surface area contributed by atoms with Crippen molar-refractivity contribution in [2.75, 3.05) is 37.4 Å². The van der Waals surface area contributed by atoms with Crippen molar-refractivity contribution in [1.29, 1.82) is 0 Å². The van der Waals surface area contributed by atoms with Gasteiger partial charge < -0.3 is 15.4 Å². The number of halogens is 2. The molecule has 0 bridgehead atoms. The fourth-order valence-electron chi connectivity index (χ4n) is 4.85. The minimum atomic E-state index is -2.63. The second-order valence-corrected chi connectivity index (χ2v) is 9.39. The highest BCUT2D eigenvalue weighted by Crippen LogP contribution is 2.36. The zero-order chi connectivity index (χ0) is 26.0. The average molecular weight is 506 g/mol. The van der Waals surface area contributed by atoms with Gasteiger partial charge in [0.2, 0.25) is 5.88 Å². The Morgan fingerprint density at radius 3 is 2.73 bits per heavy atom. The van der Waals surface area contributed by atoms with Crippen LogP contribution < -0.4 is 15.4 Å². The molecule has 2 aromatic heterocycles. The summed E-state index contributed by atoms with van der Waals surface area (Å²) in [5.41, 5.74) is 6.55. The highest BCUT2D eigenvalue weighted by atomic mass is 19.3. The molecule has 9 heteroatoms. The normalized spacial score (nSPS) is 16.8. The third-order valence-corrected chi connectivity index (χ3v) is 6.77. The Balaban J connectivity index is 1.42. The first-order valence-corrected chi connectivity index (χ1v) is 12.3. The summed E-state index contributed by atoms with van der Waals surface area (Å²) in [5, 5.41) is 6.38. The Labute approximate surface area is 214 Å². The molecule has 192 valence electrons. The van der Waals surface area contributed by atoms with E-state index in [1.807, 2.05) is 31.2 Å². The van der Waals surface area contributed by atoms with Gasteiger partial charge in [-0.25, -0.2) is 13.8 Å². The fraction of sp³-hybridized carbons (Fsp3) is 0.321. The summed E-state index contributed by atoms with van der Waals surface area (Å²) in [6, 6.07) is 11.4. The van der Waals surface area contributed by atoms with Crippen LogP contribution in [0.1, 0.15) is 30.9 Å². The van der Waals surface area contributed by atoms with E-state index < -0.39 is 5.92 Å². The first-order valence-electron chi connectivity index (χ1n) is 12.3. The molecule has 0 spiro atoms. The smallest absolute Gasteiger partial charge is 0.261 e. The molecule has 0 aliphatic carbocycles. The number of nitrogens with zero attached hydrogens (tertiary/aromatic N) is 3. The Bertz CT molecular complexity index is 1340. The van der Waals surface area contributed by atoms with Gasteiger partial charge in [0.25, 0.3) is 11.8 Å². The predicted molar refractivity (Wildman–Crippen MR) is 140 cm³/mol. The molecule has 1 amide bonds. The molecule has 3 aromatic rings. The number of nitrogens with one attached hydrogen (secondary N) is 2. The number of benzene rings is 1. The quantitative estimate of drug-likeness (QED) is 0.458. The Kier molecular flexibility index (Phi) is 6.88. The number of hydrogen-bond donors (Lipinski definition) is 2. The van der Waals surface area contributed by atoms with Crippen molar-refractivity contribution in [3.63, 3.8) is 0 Å². The Morgan fingerprint density at radius 2 is 2.03 bits per heavy atom. The molecule has 1 fully saturated rings. The molecule has 5 rings (SSSR count). The molecule has 0 radical (unpaired) electrons. The minimum absolute atomic E-state index is 0.110. The number of fused-ring (bicyclic) bond motifs is 1. The van der Waals surface area contributed by atoms with Crippen LogP contribution in [0.4, 0.5) is 20.2 Å². The highest BCUT2D eigenvalue weighted by molar-refractivity contribution is 6.28. The summed E-state index contributed by atoms with van der Waals surface area (Å²) in [6.45, 7) is 3.18.